The molecule has 0 unspecified atom stereocenters. The quantitative estimate of drug-likeness (QED) is 0.153. The van der Waals surface area contributed by atoms with Crippen LogP contribution in [-0.4, -0.2) is 0 Å². The van der Waals surface area contributed by atoms with Crippen molar-refractivity contribution >= 4 is 131 Å². The minimum Gasteiger partial charge on any atom is -0.310 e. The molecule has 392 valence electrons. The third-order valence-electron chi connectivity index (χ3n) is 17.6. The molecule has 0 saturated carbocycles. The average molecular weight is 1180 g/mol. The van der Waals surface area contributed by atoms with E-state index in [1.807, 2.05) is 0 Å². The maximum Gasteiger partial charge on any atom is 0.0468 e. The van der Waals surface area contributed by atoms with E-state index in [-0.39, 0.29) is 10.8 Å². The van der Waals surface area contributed by atoms with Crippen molar-refractivity contribution in [3.63, 3.8) is 0 Å². The highest BCUT2D eigenvalue weighted by atomic mass is 79.9. The Hall–Kier alpha value is -8.80. The van der Waals surface area contributed by atoms with Crippen LogP contribution in [0.25, 0.3) is 86.9 Å². The molecule has 0 aromatic heterocycles. The summed E-state index contributed by atoms with van der Waals surface area (Å²) < 4.78 is 2.25. The summed E-state index contributed by atoms with van der Waals surface area (Å²) in [6.07, 6.45) is 0. The van der Waals surface area contributed by atoms with Gasteiger partial charge in [-0.2, -0.15) is 0 Å². The Morgan fingerprint density at radius 3 is 1.04 bits per heavy atom. The standard InChI is InChI=1S/C51H38N2.C27H18Br2/c1-51(2)49-42-31-28-40(52(36-17-7-3-8-18-36)37-19-9-4-10-20-37)33-35(42)27-30-46(49)48-44-26-16-15-25-43(44)47-34-41(29-32-45(47)50(48)51)53(38-21-11-5-12-22-38)39-23-13-6-14-24-39;1-27(2)25-18-11-8-16(28)13-15(18)7-10-22(25)24-20-6-4-3-5-19(20)23-14-17(29)9-12-21(23)26(24)27/h3-34H,1-2H3;3-14H,1-2H3. The second kappa shape index (κ2) is 19.4. The first-order valence-electron chi connectivity index (χ1n) is 28.3. The number of para-hydroxylation sites is 4. The summed E-state index contributed by atoms with van der Waals surface area (Å²) in [6, 6.07) is 97.3. The lowest BCUT2D eigenvalue weighted by Crippen LogP contribution is -2.16. The van der Waals surface area contributed by atoms with Crippen LogP contribution in [-0.2, 0) is 10.8 Å². The van der Waals surface area contributed by atoms with E-state index in [1.165, 1.54) is 109 Å². The molecule has 14 aromatic carbocycles. The number of fused-ring (bicyclic) bond motifs is 20. The fraction of sp³-hybridized carbons (Fsp3) is 0.0769. The van der Waals surface area contributed by atoms with Gasteiger partial charge in [-0.1, -0.05) is 229 Å². The number of halogens is 2. The van der Waals surface area contributed by atoms with Gasteiger partial charge in [0.05, 0.1) is 0 Å². The van der Waals surface area contributed by atoms with Crippen LogP contribution >= 0.6 is 31.9 Å². The first-order chi connectivity index (χ1) is 40.0. The van der Waals surface area contributed by atoms with Crippen molar-refractivity contribution in [3.05, 3.63) is 298 Å². The van der Waals surface area contributed by atoms with Crippen molar-refractivity contribution in [2.75, 3.05) is 9.80 Å². The van der Waals surface area contributed by atoms with E-state index in [0.29, 0.717) is 0 Å². The fourth-order valence-electron chi connectivity index (χ4n) is 14.3. The molecule has 0 saturated heterocycles. The second-order valence-corrected chi connectivity index (χ2v) is 24.9. The number of rotatable bonds is 6. The van der Waals surface area contributed by atoms with Crippen molar-refractivity contribution in [2.45, 2.75) is 38.5 Å². The summed E-state index contributed by atoms with van der Waals surface area (Å²) in [5, 5.41) is 15.7. The number of anilines is 6. The Bertz CT molecular complexity index is 4800. The number of nitrogens with zero attached hydrogens (tertiary/aromatic N) is 2. The molecule has 16 rings (SSSR count). The van der Waals surface area contributed by atoms with E-state index in [2.05, 4.69) is 336 Å². The molecule has 0 heterocycles. The highest BCUT2D eigenvalue weighted by Crippen LogP contribution is 2.59. The van der Waals surface area contributed by atoms with Gasteiger partial charge < -0.3 is 9.80 Å². The first kappa shape index (κ1) is 50.2. The molecular weight excluding hydrogens is 1120 g/mol. The second-order valence-electron chi connectivity index (χ2n) is 23.0. The van der Waals surface area contributed by atoms with E-state index in [1.54, 1.807) is 0 Å². The number of hydrogen-bond acceptors (Lipinski definition) is 2. The Labute approximate surface area is 495 Å². The highest BCUT2D eigenvalue weighted by molar-refractivity contribution is 9.10. The molecule has 0 fully saturated rings. The van der Waals surface area contributed by atoms with Gasteiger partial charge in [0.2, 0.25) is 0 Å². The molecule has 0 radical (unpaired) electrons. The van der Waals surface area contributed by atoms with Crippen LogP contribution in [0.4, 0.5) is 34.1 Å². The third kappa shape index (κ3) is 7.87. The van der Waals surface area contributed by atoms with Crippen LogP contribution < -0.4 is 9.80 Å². The molecule has 2 aliphatic carbocycles. The summed E-state index contributed by atoms with van der Waals surface area (Å²) in [6.45, 7) is 9.62. The van der Waals surface area contributed by atoms with Gasteiger partial charge in [-0.15, -0.1) is 0 Å². The molecule has 2 nitrogen and oxygen atoms in total. The summed E-state index contributed by atoms with van der Waals surface area (Å²) in [4.78, 5) is 4.71. The van der Waals surface area contributed by atoms with Crippen LogP contribution in [0, 0.1) is 0 Å². The lowest BCUT2D eigenvalue weighted by Gasteiger charge is -2.28. The molecule has 0 atom stereocenters. The highest BCUT2D eigenvalue weighted by Gasteiger charge is 2.41. The van der Waals surface area contributed by atoms with Crippen LogP contribution in [0.1, 0.15) is 49.9 Å². The first-order valence-corrected chi connectivity index (χ1v) is 29.9. The zero-order chi connectivity index (χ0) is 55.4. The van der Waals surface area contributed by atoms with Crippen LogP contribution in [0.5, 0.6) is 0 Å². The molecule has 2 aliphatic rings. The minimum absolute atomic E-state index is 0.0753. The molecular formula is C78H56Br2N2. The summed E-state index contributed by atoms with van der Waals surface area (Å²) in [5.41, 5.74) is 17.7. The van der Waals surface area contributed by atoms with Crippen molar-refractivity contribution in [3.8, 4) is 22.3 Å². The van der Waals surface area contributed by atoms with Gasteiger partial charge in [0.25, 0.3) is 0 Å². The fourth-order valence-corrected chi connectivity index (χ4v) is 15.1. The topological polar surface area (TPSA) is 6.48 Å². The zero-order valence-corrected chi connectivity index (χ0v) is 49.2. The molecule has 4 heteroatoms. The average Bonchev–Trinajstić information content (AvgIpc) is 2.07. The summed E-state index contributed by atoms with van der Waals surface area (Å²) >= 11 is 7.33. The Morgan fingerprint density at radius 2 is 0.585 bits per heavy atom. The van der Waals surface area contributed by atoms with Gasteiger partial charge in [0, 0.05) is 53.9 Å². The van der Waals surface area contributed by atoms with Gasteiger partial charge in [-0.05, 0) is 206 Å². The molecule has 0 N–H and O–H groups in total. The Kier molecular flexibility index (Phi) is 11.9. The summed E-state index contributed by atoms with van der Waals surface area (Å²) in [5.74, 6) is 0. The number of benzene rings is 14. The van der Waals surface area contributed by atoms with Crippen LogP contribution in [0.2, 0.25) is 0 Å². The Morgan fingerprint density at radius 1 is 0.244 bits per heavy atom. The van der Waals surface area contributed by atoms with Gasteiger partial charge in [0.15, 0.2) is 0 Å². The van der Waals surface area contributed by atoms with E-state index in [4.69, 9.17) is 0 Å². The minimum atomic E-state index is -0.230. The maximum atomic E-state index is 3.69. The molecule has 82 heavy (non-hydrogen) atoms. The molecule has 0 bridgehead atoms. The number of hydrogen-bond donors (Lipinski definition) is 0. The molecule has 0 amide bonds. The van der Waals surface area contributed by atoms with E-state index < -0.39 is 0 Å². The predicted octanol–water partition coefficient (Wildman–Crippen LogP) is 23.4. The lowest BCUT2D eigenvalue weighted by molar-refractivity contribution is 0.672. The van der Waals surface area contributed by atoms with Gasteiger partial charge in [0.1, 0.15) is 0 Å². The van der Waals surface area contributed by atoms with E-state index in [9.17, 15) is 0 Å². The summed E-state index contributed by atoms with van der Waals surface area (Å²) in [7, 11) is 0. The van der Waals surface area contributed by atoms with Crippen molar-refractivity contribution in [1.29, 1.82) is 0 Å². The molecule has 0 spiro atoms. The van der Waals surface area contributed by atoms with Crippen LogP contribution in [0.15, 0.2) is 276 Å². The van der Waals surface area contributed by atoms with Gasteiger partial charge in [-0.25, -0.2) is 0 Å². The normalized spacial score (nSPS) is 13.4. The van der Waals surface area contributed by atoms with E-state index in [0.717, 1.165) is 43.1 Å². The largest absolute Gasteiger partial charge is 0.310 e. The molecule has 0 aliphatic heterocycles. The SMILES string of the molecule is CC1(C)c2c(ccc3cc(Br)ccc23)-c2c1c1ccc(Br)cc1c1ccccc21.CC1(C)c2c(ccc3cc(N(c4ccccc4)c4ccccc4)ccc23)-c2c1c1ccc(N(c3ccccc3)c3ccccc3)cc1c1ccccc21. The predicted molar refractivity (Wildman–Crippen MR) is 358 cm³/mol. The maximum absolute atomic E-state index is 3.69. The van der Waals surface area contributed by atoms with Gasteiger partial charge >= 0.3 is 0 Å². The van der Waals surface area contributed by atoms with E-state index >= 15 is 0 Å². The molecule has 14 aromatic rings. The van der Waals surface area contributed by atoms with Crippen molar-refractivity contribution in [2.24, 2.45) is 0 Å². The van der Waals surface area contributed by atoms with Crippen molar-refractivity contribution < 1.29 is 0 Å². The Balaban J connectivity index is 0.000000167. The lowest BCUT2D eigenvalue weighted by atomic mass is 9.77. The third-order valence-corrected chi connectivity index (χ3v) is 18.6. The zero-order valence-electron chi connectivity index (χ0n) is 46.1. The van der Waals surface area contributed by atoms with Crippen LogP contribution in [0.3, 0.4) is 0 Å². The monoisotopic (exact) mass is 1180 g/mol. The van der Waals surface area contributed by atoms with Gasteiger partial charge in [-0.3, -0.25) is 0 Å². The van der Waals surface area contributed by atoms with Crippen molar-refractivity contribution in [1.82, 2.24) is 0 Å². The smallest absolute Gasteiger partial charge is 0.0468 e.